The third kappa shape index (κ3) is 1.73. The minimum absolute atomic E-state index is 0.0135. The molecule has 0 saturated carbocycles. The van der Waals surface area contributed by atoms with Gasteiger partial charge in [0.05, 0.1) is 12.2 Å². The lowest BCUT2D eigenvalue weighted by atomic mass is 10.0. The second-order valence-electron chi connectivity index (χ2n) is 3.46. The summed E-state index contributed by atoms with van der Waals surface area (Å²) in [7, 11) is 0. The quantitative estimate of drug-likeness (QED) is 0.655. The van der Waals surface area contributed by atoms with Crippen LogP contribution in [0.1, 0.15) is 19.3 Å². The highest BCUT2D eigenvalue weighted by Gasteiger charge is 2.22. The van der Waals surface area contributed by atoms with Gasteiger partial charge >= 0.3 is 0 Å². The van der Waals surface area contributed by atoms with Gasteiger partial charge in [0.1, 0.15) is 12.1 Å². The first-order valence-corrected chi connectivity index (χ1v) is 4.90. The first-order chi connectivity index (χ1) is 6.92. The summed E-state index contributed by atoms with van der Waals surface area (Å²) in [5, 5.41) is 0. The summed E-state index contributed by atoms with van der Waals surface area (Å²) in [6, 6.07) is -0.0135. The molecule has 2 rings (SSSR count). The largest absolute Gasteiger partial charge is 0.346 e. The number of nitrogens with zero attached hydrogens (tertiary/aromatic N) is 3. The average molecular weight is 191 g/mol. The maximum atomic E-state index is 10.9. The van der Waals surface area contributed by atoms with Crippen LogP contribution in [0.5, 0.6) is 0 Å². The van der Waals surface area contributed by atoms with Gasteiger partial charge in [-0.05, 0) is 19.3 Å². The molecule has 1 aliphatic rings. The van der Waals surface area contributed by atoms with E-state index in [9.17, 15) is 4.79 Å². The third-order valence-corrected chi connectivity index (χ3v) is 2.55. The number of piperidine rings is 1. The Hall–Kier alpha value is -1.45. The molecule has 0 radical (unpaired) electrons. The van der Waals surface area contributed by atoms with Crippen molar-refractivity contribution < 1.29 is 4.79 Å². The van der Waals surface area contributed by atoms with Gasteiger partial charge in [-0.15, -0.1) is 0 Å². The fraction of sp³-hybridized carbons (Fsp3) is 0.500. The molecule has 0 spiro atoms. The van der Waals surface area contributed by atoms with E-state index < -0.39 is 0 Å². The van der Waals surface area contributed by atoms with E-state index in [1.165, 1.54) is 0 Å². The topological polar surface area (TPSA) is 46.1 Å². The number of aromatic nitrogens is 2. The molecular formula is C10H13N3O. The molecule has 1 unspecified atom stereocenters. The number of carbonyl (C=O) groups excluding carboxylic acids is 1. The molecule has 0 amide bonds. The Morgan fingerprint density at radius 3 is 3.07 bits per heavy atom. The summed E-state index contributed by atoms with van der Waals surface area (Å²) in [5.74, 6) is 0.810. The average Bonchev–Trinajstić information content (AvgIpc) is 2.30. The predicted octanol–water partition coefficient (Wildman–Crippen LogP) is 1.03. The Morgan fingerprint density at radius 1 is 1.43 bits per heavy atom. The highest BCUT2D eigenvalue weighted by atomic mass is 16.1. The summed E-state index contributed by atoms with van der Waals surface area (Å²) >= 11 is 0. The molecule has 0 aliphatic carbocycles. The van der Waals surface area contributed by atoms with Crippen LogP contribution >= 0.6 is 0 Å². The van der Waals surface area contributed by atoms with E-state index in [4.69, 9.17) is 0 Å². The minimum Gasteiger partial charge on any atom is -0.346 e. The van der Waals surface area contributed by atoms with Crippen molar-refractivity contribution in [3.8, 4) is 0 Å². The number of hydrogen-bond donors (Lipinski definition) is 0. The van der Waals surface area contributed by atoms with Crippen molar-refractivity contribution in [2.24, 2.45) is 0 Å². The molecule has 0 aromatic carbocycles. The molecule has 14 heavy (non-hydrogen) atoms. The molecule has 1 aliphatic heterocycles. The van der Waals surface area contributed by atoms with Gasteiger partial charge in [-0.1, -0.05) is 0 Å². The zero-order valence-electron chi connectivity index (χ0n) is 7.97. The van der Waals surface area contributed by atoms with Crippen molar-refractivity contribution in [1.82, 2.24) is 9.97 Å². The molecule has 74 valence electrons. The number of anilines is 1. The van der Waals surface area contributed by atoms with Crippen molar-refractivity contribution in [2.75, 3.05) is 11.4 Å². The van der Waals surface area contributed by atoms with Gasteiger partial charge in [-0.2, -0.15) is 0 Å². The van der Waals surface area contributed by atoms with Crippen LogP contribution in [0.2, 0.25) is 0 Å². The van der Waals surface area contributed by atoms with Gasteiger partial charge in [0.15, 0.2) is 0 Å². The third-order valence-electron chi connectivity index (χ3n) is 2.55. The van der Waals surface area contributed by atoms with Crippen molar-refractivity contribution in [1.29, 1.82) is 0 Å². The van der Waals surface area contributed by atoms with E-state index in [1.54, 1.807) is 18.6 Å². The smallest absolute Gasteiger partial charge is 0.147 e. The fourth-order valence-electron chi connectivity index (χ4n) is 1.82. The lowest BCUT2D eigenvalue weighted by Crippen LogP contribution is -2.41. The molecule has 0 N–H and O–H groups in total. The maximum Gasteiger partial charge on any atom is 0.147 e. The van der Waals surface area contributed by atoms with Gasteiger partial charge in [0.25, 0.3) is 0 Å². The molecular weight excluding hydrogens is 178 g/mol. The Kier molecular flexibility index (Phi) is 2.72. The number of aldehydes is 1. The van der Waals surface area contributed by atoms with Gasteiger partial charge in [0.2, 0.25) is 0 Å². The predicted molar refractivity (Wildman–Crippen MR) is 53.1 cm³/mol. The van der Waals surface area contributed by atoms with E-state index in [1.807, 2.05) is 4.90 Å². The Labute approximate surface area is 83.0 Å². The maximum absolute atomic E-state index is 10.9. The lowest BCUT2D eigenvalue weighted by Gasteiger charge is -2.32. The van der Waals surface area contributed by atoms with E-state index >= 15 is 0 Å². The Bertz CT molecular complexity index is 301. The van der Waals surface area contributed by atoms with Gasteiger partial charge < -0.3 is 9.69 Å². The summed E-state index contributed by atoms with van der Waals surface area (Å²) in [4.78, 5) is 21.1. The van der Waals surface area contributed by atoms with E-state index in [0.717, 1.165) is 37.9 Å². The summed E-state index contributed by atoms with van der Waals surface area (Å²) in [5.41, 5.74) is 0. The van der Waals surface area contributed by atoms with E-state index in [2.05, 4.69) is 9.97 Å². The molecule has 1 fully saturated rings. The normalized spacial score (nSPS) is 22.0. The summed E-state index contributed by atoms with van der Waals surface area (Å²) in [6.07, 6.45) is 9.20. The van der Waals surface area contributed by atoms with Crippen molar-refractivity contribution >= 4 is 12.1 Å². The van der Waals surface area contributed by atoms with Crippen molar-refractivity contribution in [2.45, 2.75) is 25.3 Å². The van der Waals surface area contributed by atoms with Gasteiger partial charge in [-0.3, -0.25) is 4.98 Å². The van der Waals surface area contributed by atoms with Gasteiger partial charge in [-0.25, -0.2) is 4.98 Å². The highest BCUT2D eigenvalue weighted by molar-refractivity contribution is 5.64. The number of rotatable bonds is 2. The second kappa shape index (κ2) is 4.17. The molecule has 1 aromatic rings. The first-order valence-electron chi connectivity index (χ1n) is 4.90. The fourth-order valence-corrected chi connectivity index (χ4v) is 1.82. The molecule has 1 aromatic heterocycles. The minimum atomic E-state index is -0.0135. The highest BCUT2D eigenvalue weighted by Crippen LogP contribution is 2.20. The van der Waals surface area contributed by atoms with Crippen LogP contribution in [0.3, 0.4) is 0 Å². The Morgan fingerprint density at radius 2 is 2.36 bits per heavy atom. The molecule has 0 bridgehead atoms. The van der Waals surface area contributed by atoms with Crippen molar-refractivity contribution in [3.05, 3.63) is 18.6 Å². The zero-order valence-corrected chi connectivity index (χ0v) is 7.97. The monoisotopic (exact) mass is 191 g/mol. The first kappa shape index (κ1) is 9.12. The Balaban J connectivity index is 2.19. The second-order valence-corrected chi connectivity index (χ2v) is 3.46. The molecule has 4 heteroatoms. The van der Waals surface area contributed by atoms with Crippen LogP contribution < -0.4 is 4.90 Å². The van der Waals surface area contributed by atoms with Crippen LogP contribution in [0.4, 0.5) is 5.82 Å². The molecule has 2 heterocycles. The standard InChI is InChI=1S/C10H13N3O/c14-8-9-3-1-2-6-13(9)10-7-11-4-5-12-10/h4-5,7-9H,1-3,6H2. The SMILES string of the molecule is O=CC1CCCCN1c1cnccn1. The van der Waals surface area contributed by atoms with E-state index in [0.29, 0.717) is 0 Å². The lowest BCUT2D eigenvalue weighted by molar-refractivity contribution is -0.109. The summed E-state index contributed by atoms with van der Waals surface area (Å²) in [6.45, 7) is 0.905. The molecule has 1 saturated heterocycles. The number of hydrogen-bond acceptors (Lipinski definition) is 4. The van der Waals surface area contributed by atoms with Crippen LogP contribution in [-0.2, 0) is 4.79 Å². The molecule has 1 atom stereocenters. The van der Waals surface area contributed by atoms with Gasteiger partial charge in [0, 0.05) is 18.9 Å². The number of carbonyl (C=O) groups is 1. The van der Waals surface area contributed by atoms with Crippen LogP contribution in [0.25, 0.3) is 0 Å². The van der Waals surface area contributed by atoms with Crippen LogP contribution in [0, 0.1) is 0 Å². The van der Waals surface area contributed by atoms with Crippen LogP contribution in [0.15, 0.2) is 18.6 Å². The van der Waals surface area contributed by atoms with Crippen molar-refractivity contribution in [3.63, 3.8) is 0 Å². The zero-order chi connectivity index (χ0) is 9.80. The van der Waals surface area contributed by atoms with E-state index in [-0.39, 0.29) is 6.04 Å². The molecule has 4 nitrogen and oxygen atoms in total. The summed E-state index contributed by atoms with van der Waals surface area (Å²) < 4.78 is 0. The van der Waals surface area contributed by atoms with Crippen LogP contribution in [-0.4, -0.2) is 28.8 Å².